The molecule has 0 radical (unpaired) electrons. The molecule has 3 aromatic rings. The van der Waals surface area contributed by atoms with E-state index in [9.17, 15) is 9.59 Å². The van der Waals surface area contributed by atoms with Crippen LogP contribution in [-0.2, 0) is 16.0 Å². The van der Waals surface area contributed by atoms with E-state index in [1.807, 2.05) is 65.7 Å². The van der Waals surface area contributed by atoms with Gasteiger partial charge in [-0.05, 0) is 37.0 Å². The van der Waals surface area contributed by atoms with Crippen molar-refractivity contribution in [2.24, 2.45) is 17.2 Å². The molecule has 10 nitrogen and oxygen atoms in total. The summed E-state index contributed by atoms with van der Waals surface area (Å²) in [5.74, 6) is -0.695. The van der Waals surface area contributed by atoms with Crippen LogP contribution in [0.15, 0.2) is 66.9 Å². The van der Waals surface area contributed by atoms with Crippen molar-refractivity contribution in [1.29, 1.82) is 0 Å². The maximum Gasteiger partial charge on any atom is 0.247 e. The Bertz CT molecular complexity index is 1120. The quantitative estimate of drug-likeness (QED) is 0.164. The van der Waals surface area contributed by atoms with E-state index in [2.05, 4.69) is 21.0 Å². The molecule has 10 heteroatoms. The number of carbonyl (C=O) groups excluding carboxylic acids is 2. The van der Waals surface area contributed by atoms with Gasteiger partial charge in [0.2, 0.25) is 11.8 Å². The molecular weight excluding hydrogens is 468 g/mol. The summed E-state index contributed by atoms with van der Waals surface area (Å²) in [6.07, 6.45) is 3.05. The molecule has 0 saturated carbocycles. The van der Waals surface area contributed by atoms with E-state index in [4.69, 9.17) is 17.2 Å². The molecule has 1 aromatic heterocycles. The number of amides is 2. The highest BCUT2D eigenvalue weighted by Gasteiger charge is 2.24. The molecule has 2 aromatic carbocycles. The van der Waals surface area contributed by atoms with Crippen LogP contribution in [0, 0.1) is 0 Å². The molecule has 1 heterocycles. The van der Waals surface area contributed by atoms with Gasteiger partial charge in [-0.3, -0.25) is 20.0 Å². The second kappa shape index (κ2) is 15.0. The van der Waals surface area contributed by atoms with Crippen LogP contribution in [0.5, 0.6) is 0 Å². The first-order valence-electron chi connectivity index (χ1n) is 12.6. The minimum absolute atomic E-state index is 0.316. The van der Waals surface area contributed by atoms with Gasteiger partial charge in [0.1, 0.15) is 6.04 Å². The van der Waals surface area contributed by atoms with Gasteiger partial charge in [-0.2, -0.15) is 0 Å². The Hall–Kier alpha value is -3.41. The number of carbonyl (C=O) groups is 2. The third-order valence-corrected chi connectivity index (χ3v) is 5.98. The minimum Gasteiger partial charge on any atom is -0.343 e. The van der Waals surface area contributed by atoms with Crippen molar-refractivity contribution in [2.45, 2.75) is 31.3 Å². The zero-order valence-corrected chi connectivity index (χ0v) is 21.1. The maximum absolute atomic E-state index is 13.2. The van der Waals surface area contributed by atoms with Gasteiger partial charge in [-0.15, -0.1) is 0 Å². The number of aryl methyl sites for hydroxylation is 1. The SMILES string of the molecule is NCCN(CCN)NCC[C@H](N)C(=O)N[C@@H](CCc1ccccc1)C(=O)Nc1cnc2ccccc2c1. The first kappa shape index (κ1) is 28.2. The van der Waals surface area contributed by atoms with Crippen molar-refractivity contribution < 1.29 is 9.59 Å². The Balaban J connectivity index is 1.62. The number of anilines is 1. The molecule has 198 valence electrons. The Morgan fingerprint density at radius 1 is 0.919 bits per heavy atom. The summed E-state index contributed by atoms with van der Waals surface area (Å²) >= 11 is 0. The molecular formula is C27H38N8O2. The summed E-state index contributed by atoms with van der Waals surface area (Å²) in [4.78, 5) is 30.6. The van der Waals surface area contributed by atoms with Crippen LogP contribution in [0.2, 0.25) is 0 Å². The van der Waals surface area contributed by atoms with E-state index in [1.165, 1.54) is 0 Å². The molecule has 3 rings (SSSR count). The average molecular weight is 507 g/mol. The summed E-state index contributed by atoms with van der Waals surface area (Å²) in [6.45, 7) is 2.75. The fourth-order valence-electron chi connectivity index (χ4n) is 3.96. The summed E-state index contributed by atoms with van der Waals surface area (Å²) in [7, 11) is 0. The zero-order valence-electron chi connectivity index (χ0n) is 21.1. The smallest absolute Gasteiger partial charge is 0.247 e. The number of pyridine rings is 1. The minimum atomic E-state index is -0.778. The van der Waals surface area contributed by atoms with Crippen molar-refractivity contribution in [3.8, 4) is 0 Å². The zero-order chi connectivity index (χ0) is 26.5. The number of hydrogen-bond acceptors (Lipinski definition) is 8. The number of nitrogens with zero attached hydrogens (tertiary/aromatic N) is 2. The number of aromatic nitrogens is 1. The van der Waals surface area contributed by atoms with Gasteiger partial charge in [0.25, 0.3) is 0 Å². The standard InChI is InChI=1S/C27H38N8O2/c28-13-16-35(17-14-29)32-15-12-23(30)26(36)34-25(11-10-20-6-2-1-3-7-20)27(37)33-22-18-21-8-4-5-9-24(21)31-19-22/h1-9,18-19,23,25,32H,10-17,28-30H2,(H,33,37)(H,34,36)/t23-,25-/m0/s1. The van der Waals surface area contributed by atoms with Crippen LogP contribution in [0.4, 0.5) is 5.69 Å². The second-order valence-corrected chi connectivity index (χ2v) is 8.86. The predicted molar refractivity (Wildman–Crippen MR) is 147 cm³/mol. The van der Waals surface area contributed by atoms with Gasteiger partial charge < -0.3 is 27.8 Å². The summed E-state index contributed by atoms with van der Waals surface area (Å²) < 4.78 is 0. The number of fused-ring (bicyclic) bond motifs is 1. The van der Waals surface area contributed by atoms with Crippen LogP contribution in [0.1, 0.15) is 18.4 Å². The highest BCUT2D eigenvalue weighted by atomic mass is 16.2. The van der Waals surface area contributed by atoms with Gasteiger partial charge in [-0.1, -0.05) is 48.5 Å². The third kappa shape index (κ3) is 9.19. The van der Waals surface area contributed by atoms with E-state index in [-0.39, 0.29) is 11.8 Å². The highest BCUT2D eigenvalue weighted by molar-refractivity contribution is 5.98. The molecule has 0 unspecified atom stereocenters. The Morgan fingerprint density at radius 2 is 1.62 bits per heavy atom. The van der Waals surface area contributed by atoms with Gasteiger partial charge in [0.15, 0.2) is 0 Å². The molecule has 2 atom stereocenters. The van der Waals surface area contributed by atoms with E-state index in [0.29, 0.717) is 57.7 Å². The van der Waals surface area contributed by atoms with Crippen LogP contribution in [-0.4, -0.2) is 66.6 Å². The first-order valence-corrected chi connectivity index (χ1v) is 12.6. The number of hydrogen-bond donors (Lipinski definition) is 6. The second-order valence-electron chi connectivity index (χ2n) is 8.86. The third-order valence-electron chi connectivity index (χ3n) is 5.98. The van der Waals surface area contributed by atoms with Crippen LogP contribution < -0.4 is 33.3 Å². The lowest BCUT2D eigenvalue weighted by Crippen LogP contribution is -2.51. The van der Waals surface area contributed by atoms with Crippen LogP contribution in [0.25, 0.3) is 10.9 Å². The van der Waals surface area contributed by atoms with Gasteiger partial charge in [-0.25, -0.2) is 5.01 Å². The van der Waals surface area contributed by atoms with E-state index in [1.54, 1.807) is 6.20 Å². The molecule has 0 spiro atoms. The van der Waals surface area contributed by atoms with Gasteiger partial charge in [0.05, 0.1) is 23.4 Å². The Kier molecular flexibility index (Phi) is 11.4. The molecule has 9 N–H and O–H groups in total. The Morgan fingerprint density at radius 3 is 2.35 bits per heavy atom. The molecule has 0 aliphatic carbocycles. The van der Waals surface area contributed by atoms with Crippen LogP contribution >= 0.6 is 0 Å². The van der Waals surface area contributed by atoms with Crippen molar-refractivity contribution in [1.82, 2.24) is 20.7 Å². The first-order chi connectivity index (χ1) is 18.0. The van der Waals surface area contributed by atoms with Crippen molar-refractivity contribution in [3.05, 3.63) is 72.4 Å². The molecule has 0 saturated heterocycles. The fraction of sp³-hybridized carbons (Fsp3) is 0.370. The number of para-hydroxylation sites is 1. The fourth-order valence-corrected chi connectivity index (χ4v) is 3.96. The van der Waals surface area contributed by atoms with E-state index < -0.39 is 12.1 Å². The lowest BCUT2D eigenvalue weighted by atomic mass is 10.0. The number of nitrogens with two attached hydrogens (primary N) is 3. The number of hydrazine groups is 1. The topological polar surface area (TPSA) is 164 Å². The molecule has 0 aliphatic rings. The average Bonchev–Trinajstić information content (AvgIpc) is 2.91. The summed E-state index contributed by atoms with van der Waals surface area (Å²) in [5.41, 5.74) is 23.1. The molecule has 0 bridgehead atoms. The molecule has 37 heavy (non-hydrogen) atoms. The van der Waals surface area contributed by atoms with Crippen LogP contribution in [0.3, 0.4) is 0 Å². The molecule has 0 fully saturated rings. The Labute approximate surface area is 217 Å². The van der Waals surface area contributed by atoms with Crippen molar-refractivity contribution in [2.75, 3.05) is 38.0 Å². The monoisotopic (exact) mass is 506 g/mol. The van der Waals surface area contributed by atoms with Crippen molar-refractivity contribution in [3.63, 3.8) is 0 Å². The van der Waals surface area contributed by atoms with E-state index >= 15 is 0 Å². The lowest BCUT2D eigenvalue weighted by molar-refractivity contribution is -0.127. The maximum atomic E-state index is 13.2. The summed E-state index contributed by atoms with van der Waals surface area (Å²) in [6, 6.07) is 17.8. The van der Waals surface area contributed by atoms with E-state index in [0.717, 1.165) is 16.5 Å². The molecule has 2 amide bonds. The highest BCUT2D eigenvalue weighted by Crippen LogP contribution is 2.17. The van der Waals surface area contributed by atoms with Gasteiger partial charge in [0, 0.05) is 38.1 Å². The largest absolute Gasteiger partial charge is 0.343 e. The normalized spacial score (nSPS) is 12.9. The number of benzene rings is 2. The van der Waals surface area contributed by atoms with Gasteiger partial charge >= 0.3 is 0 Å². The predicted octanol–water partition coefficient (Wildman–Crippen LogP) is 0.732. The van der Waals surface area contributed by atoms with Crippen molar-refractivity contribution >= 4 is 28.4 Å². The molecule has 0 aliphatic heterocycles. The summed E-state index contributed by atoms with van der Waals surface area (Å²) in [5, 5.41) is 8.59. The number of nitrogens with one attached hydrogen (secondary N) is 3. The number of rotatable bonds is 15. The lowest BCUT2D eigenvalue weighted by Gasteiger charge is -2.24.